The van der Waals surface area contributed by atoms with Crippen molar-refractivity contribution in [2.75, 3.05) is 20.2 Å². The number of hydrogen-bond donors (Lipinski definition) is 1. The van der Waals surface area contributed by atoms with Gasteiger partial charge in [-0.3, -0.25) is 4.90 Å². The van der Waals surface area contributed by atoms with Crippen molar-refractivity contribution in [3.63, 3.8) is 0 Å². The average Bonchev–Trinajstić information content (AvgIpc) is 2.92. The third-order valence-corrected chi connectivity index (χ3v) is 5.33. The molecule has 4 atom stereocenters. The summed E-state index contributed by atoms with van der Waals surface area (Å²) >= 11 is 0. The fraction of sp³-hybridized carbons (Fsp3) is 0.647. The molecular formula is C17H26N2O. The Morgan fingerprint density at radius 1 is 1.20 bits per heavy atom. The summed E-state index contributed by atoms with van der Waals surface area (Å²) in [5.74, 6) is 2.46. The topological polar surface area (TPSA) is 38.5 Å². The first-order chi connectivity index (χ1) is 9.69. The molecular weight excluding hydrogens is 248 g/mol. The quantitative estimate of drug-likeness (QED) is 0.921. The fourth-order valence-corrected chi connectivity index (χ4v) is 3.96. The molecule has 3 heteroatoms. The maximum Gasteiger partial charge on any atom is 0.118 e. The minimum absolute atomic E-state index is 0.418. The van der Waals surface area contributed by atoms with Crippen LogP contribution < -0.4 is 10.5 Å². The largest absolute Gasteiger partial charge is 0.497 e. The molecule has 1 aliphatic heterocycles. The van der Waals surface area contributed by atoms with Crippen molar-refractivity contribution in [1.82, 2.24) is 4.90 Å². The molecule has 1 aromatic rings. The molecule has 0 spiro atoms. The smallest absolute Gasteiger partial charge is 0.118 e. The molecule has 1 saturated carbocycles. The lowest BCUT2D eigenvalue weighted by Gasteiger charge is -2.30. The van der Waals surface area contributed by atoms with E-state index in [0.717, 1.165) is 11.7 Å². The number of benzene rings is 1. The van der Waals surface area contributed by atoms with E-state index in [2.05, 4.69) is 36.1 Å². The molecule has 1 saturated heterocycles. The second-order valence-electron chi connectivity index (χ2n) is 6.42. The fourth-order valence-electron chi connectivity index (χ4n) is 3.96. The highest BCUT2D eigenvalue weighted by Gasteiger charge is 2.40. The number of hydrogen-bond acceptors (Lipinski definition) is 3. The number of rotatable bonds is 3. The van der Waals surface area contributed by atoms with Gasteiger partial charge in [-0.25, -0.2) is 0 Å². The molecule has 4 unspecified atom stereocenters. The van der Waals surface area contributed by atoms with E-state index in [4.69, 9.17) is 10.5 Å². The molecule has 0 bridgehead atoms. The molecule has 3 nitrogen and oxygen atoms in total. The molecule has 20 heavy (non-hydrogen) atoms. The summed E-state index contributed by atoms with van der Waals surface area (Å²) in [6, 6.07) is 9.37. The van der Waals surface area contributed by atoms with Gasteiger partial charge in [0.25, 0.3) is 0 Å². The van der Waals surface area contributed by atoms with Gasteiger partial charge in [0, 0.05) is 25.2 Å². The Hall–Kier alpha value is -1.06. The summed E-state index contributed by atoms with van der Waals surface area (Å²) in [7, 11) is 1.71. The highest BCUT2D eigenvalue weighted by molar-refractivity contribution is 5.29. The summed E-state index contributed by atoms with van der Waals surface area (Å²) in [5, 5.41) is 0. The molecule has 1 aliphatic carbocycles. The molecule has 2 aliphatic rings. The molecule has 2 fully saturated rings. The lowest BCUT2D eigenvalue weighted by Crippen LogP contribution is -2.38. The minimum Gasteiger partial charge on any atom is -0.497 e. The van der Waals surface area contributed by atoms with Crippen LogP contribution in [0.2, 0.25) is 0 Å². The summed E-state index contributed by atoms with van der Waals surface area (Å²) in [5.41, 5.74) is 7.69. The van der Waals surface area contributed by atoms with E-state index in [1.54, 1.807) is 7.11 Å². The van der Waals surface area contributed by atoms with Crippen molar-refractivity contribution >= 4 is 0 Å². The standard InChI is InChI=1S/C17H26N2O/c1-12(13-6-8-15(20-2)9-7-13)19-10-14-4-3-5-17(18)16(14)11-19/h6-9,12,14,16-17H,3-5,10-11,18H2,1-2H3. The predicted octanol–water partition coefficient (Wildman–Crippen LogP) is 2.82. The van der Waals surface area contributed by atoms with Crippen LogP contribution in [0.5, 0.6) is 5.75 Å². The third kappa shape index (κ3) is 2.57. The maximum atomic E-state index is 6.32. The molecule has 0 aromatic heterocycles. The van der Waals surface area contributed by atoms with Crippen molar-refractivity contribution in [3.05, 3.63) is 29.8 Å². The van der Waals surface area contributed by atoms with Gasteiger partial charge in [0.05, 0.1) is 7.11 Å². The zero-order valence-electron chi connectivity index (χ0n) is 12.6. The summed E-state index contributed by atoms with van der Waals surface area (Å²) in [6.45, 7) is 4.69. The zero-order chi connectivity index (χ0) is 14.1. The Balaban J connectivity index is 1.69. The first-order valence-electron chi connectivity index (χ1n) is 7.82. The van der Waals surface area contributed by atoms with Crippen LogP contribution in [0.15, 0.2) is 24.3 Å². The second kappa shape index (κ2) is 5.74. The maximum absolute atomic E-state index is 6.32. The summed E-state index contributed by atoms with van der Waals surface area (Å²) in [4.78, 5) is 2.61. The highest BCUT2D eigenvalue weighted by atomic mass is 16.5. The first-order valence-corrected chi connectivity index (χ1v) is 7.82. The van der Waals surface area contributed by atoms with Gasteiger partial charge in [0.2, 0.25) is 0 Å². The van der Waals surface area contributed by atoms with E-state index < -0.39 is 0 Å². The number of fused-ring (bicyclic) bond motifs is 1. The Kier molecular flexibility index (Phi) is 3.99. The van der Waals surface area contributed by atoms with Crippen LogP contribution in [0.25, 0.3) is 0 Å². The molecule has 3 rings (SSSR count). The number of nitrogens with two attached hydrogens (primary N) is 1. The van der Waals surface area contributed by atoms with Gasteiger partial charge in [0.1, 0.15) is 5.75 Å². The molecule has 110 valence electrons. The van der Waals surface area contributed by atoms with Crippen molar-refractivity contribution in [2.24, 2.45) is 17.6 Å². The Morgan fingerprint density at radius 2 is 1.95 bits per heavy atom. The van der Waals surface area contributed by atoms with Crippen LogP contribution in [0, 0.1) is 11.8 Å². The number of likely N-dealkylation sites (tertiary alicyclic amines) is 1. The highest BCUT2D eigenvalue weighted by Crippen LogP contribution is 2.39. The van der Waals surface area contributed by atoms with E-state index in [9.17, 15) is 0 Å². The predicted molar refractivity (Wildman–Crippen MR) is 81.8 cm³/mol. The number of nitrogens with zero attached hydrogens (tertiary/aromatic N) is 1. The zero-order valence-corrected chi connectivity index (χ0v) is 12.6. The van der Waals surface area contributed by atoms with Gasteiger partial charge in [-0.1, -0.05) is 18.6 Å². The number of methoxy groups -OCH3 is 1. The van der Waals surface area contributed by atoms with Crippen molar-refractivity contribution in [2.45, 2.75) is 38.3 Å². The monoisotopic (exact) mass is 274 g/mol. The lowest BCUT2D eigenvalue weighted by molar-refractivity contribution is 0.245. The van der Waals surface area contributed by atoms with Crippen LogP contribution in [0.1, 0.15) is 37.8 Å². The van der Waals surface area contributed by atoms with E-state index in [-0.39, 0.29) is 0 Å². The molecule has 0 radical (unpaired) electrons. The minimum atomic E-state index is 0.418. The van der Waals surface area contributed by atoms with Gasteiger partial charge < -0.3 is 10.5 Å². The van der Waals surface area contributed by atoms with Crippen LogP contribution in [0.4, 0.5) is 0 Å². The van der Waals surface area contributed by atoms with E-state index >= 15 is 0 Å². The van der Waals surface area contributed by atoms with Gasteiger partial charge in [-0.05, 0) is 49.3 Å². The second-order valence-corrected chi connectivity index (χ2v) is 6.42. The first kappa shape index (κ1) is 13.9. The van der Waals surface area contributed by atoms with Gasteiger partial charge in [-0.2, -0.15) is 0 Å². The van der Waals surface area contributed by atoms with E-state index in [1.165, 1.54) is 37.9 Å². The van der Waals surface area contributed by atoms with Gasteiger partial charge in [-0.15, -0.1) is 0 Å². The molecule has 1 heterocycles. The van der Waals surface area contributed by atoms with Crippen molar-refractivity contribution < 1.29 is 4.74 Å². The Morgan fingerprint density at radius 3 is 2.60 bits per heavy atom. The molecule has 0 amide bonds. The van der Waals surface area contributed by atoms with Gasteiger partial charge in [0.15, 0.2) is 0 Å². The van der Waals surface area contributed by atoms with Crippen LogP contribution in [-0.2, 0) is 0 Å². The molecule has 2 N–H and O–H groups in total. The van der Waals surface area contributed by atoms with E-state index in [1.807, 2.05) is 0 Å². The van der Waals surface area contributed by atoms with Crippen LogP contribution in [-0.4, -0.2) is 31.1 Å². The van der Waals surface area contributed by atoms with Gasteiger partial charge >= 0.3 is 0 Å². The lowest BCUT2D eigenvalue weighted by atomic mass is 9.78. The van der Waals surface area contributed by atoms with E-state index in [0.29, 0.717) is 18.0 Å². The normalized spacial score (nSPS) is 31.9. The SMILES string of the molecule is COc1ccc(C(C)N2CC3CCCC(N)C3C2)cc1. The number of ether oxygens (including phenoxy) is 1. The van der Waals surface area contributed by atoms with Crippen LogP contribution in [0.3, 0.4) is 0 Å². The van der Waals surface area contributed by atoms with Crippen LogP contribution >= 0.6 is 0 Å². The third-order valence-electron chi connectivity index (χ3n) is 5.33. The summed E-state index contributed by atoms with van der Waals surface area (Å²) < 4.78 is 5.24. The Bertz CT molecular complexity index is 445. The van der Waals surface area contributed by atoms with Crippen molar-refractivity contribution in [1.29, 1.82) is 0 Å². The van der Waals surface area contributed by atoms with Crippen molar-refractivity contribution in [3.8, 4) is 5.75 Å². The molecule has 1 aromatic carbocycles. The summed E-state index contributed by atoms with van der Waals surface area (Å²) in [6.07, 6.45) is 3.89. The Labute approximate surface area is 122 Å². The average molecular weight is 274 g/mol.